The molecular weight excluding hydrogens is 365 g/mol. The summed E-state index contributed by atoms with van der Waals surface area (Å²) in [6.07, 6.45) is 1.94. The van der Waals surface area contributed by atoms with E-state index >= 15 is 0 Å². The number of hydrogen-bond acceptors (Lipinski definition) is 3. The Morgan fingerprint density at radius 1 is 1.32 bits per heavy atom. The minimum atomic E-state index is -1.01. The fourth-order valence-electron chi connectivity index (χ4n) is 3.81. The molecule has 1 amide bonds. The van der Waals surface area contributed by atoms with E-state index in [0.717, 1.165) is 12.0 Å². The largest absolute Gasteiger partial charge is 0.481 e. The minimum absolute atomic E-state index is 0.0162. The Bertz CT molecular complexity index is 671. The van der Waals surface area contributed by atoms with Crippen LogP contribution >= 0.6 is 23.2 Å². The van der Waals surface area contributed by atoms with Crippen molar-refractivity contribution in [2.45, 2.75) is 25.2 Å². The molecule has 25 heavy (non-hydrogen) atoms. The lowest BCUT2D eigenvalue weighted by molar-refractivity contribution is -0.159. The van der Waals surface area contributed by atoms with E-state index < -0.39 is 11.4 Å². The van der Waals surface area contributed by atoms with E-state index in [9.17, 15) is 14.7 Å². The number of benzene rings is 1. The zero-order valence-corrected chi connectivity index (χ0v) is 15.5. The second-order valence-corrected chi connectivity index (χ2v) is 7.91. The molecule has 5 nitrogen and oxygen atoms in total. The van der Waals surface area contributed by atoms with Crippen molar-refractivity contribution in [3.8, 4) is 0 Å². The van der Waals surface area contributed by atoms with Crippen LogP contribution in [0.15, 0.2) is 18.2 Å². The molecule has 2 fully saturated rings. The van der Waals surface area contributed by atoms with Gasteiger partial charge in [-0.2, -0.15) is 0 Å². The van der Waals surface area contributed by atoms with E-state index in [4.69, 9.17) is 27.9 Å². The molecule has 0 spiro atoms. The van der Waals surface area contributed by atoms with Gasteiger partial charge in [0.25, 0.3) is 0 Å². The number of likely N-dealkylation sites (tertiary alicyclic amines) is 1. The lowest BCUT2D eigenvalue weighted by atomic mass is 9.80. The Kier molecular flexibility index (Phi) is 5.28. The molecule has 7 heteroatoms. The molecule has 3 rings (SSSR count). The van der Waals surface area contributed by atoms with Crippen molar-refractivity contribution < 1.29 is 19.4 Å². The van der Waals surface area contributed by atoms with Crippen LogP contribution in [0.5, 0.6) is 0 Å². The maximum Gasteiger partial charge on any atom is 0.313 e. The van der Waals surface area contributed by atoms with Crippen molar-refractivity contribution >= 4 is 35.1 Å². The van der Waals surface area contributed by atoms with Crippen molar-refractivity contribution in [3.05, 3.63) is 33.8 Å². The first-order valence-corrected chi connectivity index (χ1v) is 9.09. The molecule has 0 aromatic heterocycles. The summed E-state index contributed by atoms with van der Waals surface area (Å²) >= 11 is 12.1. The van der Waals surface area contributed by atoms with Crippen molar-refractivity contribution in [2.24, 2.45) is 11.3 Å². The van der Waals surface area contributed by atoms with Gasteiger partial charge in [0.15, 0.2) is 0 Å². The minimum Gasteiger partial charge on any atom is -0.481 e. The molecule has 3 atom stereocenters. The molecule has 136 valence electrons. The monoisotopic (exact) mass is 385 g/mol. The molecule has 1 N–H and O–H groups in total. The molecule has 1 saturated carbocycles. The summed E-state index contributed by atoms with van der Waals surface area (Å²) in [5.41, 5.74) is -0.0406. The van der Waals surface area contributed by atoms with E-state index in [1.807, 2.05) is 12.1 Å². The number of aliphatic carboxylic acids is 1. The Morgan fingerprint density at radius 3 is 2.60 bits per heavy atom. The number of methoxy groups -OCH3 is 1. The number of carboxylic acid groups (broad SMARTS) is 1. The van der Waals surface area contributed by atoms with Crippen molar-refractivity contribution in [3.63, 3.8) is 0 Å². The lowest BCUT2D eigenvalue weighted by Crippen LogP contribution is -2.52. The molecule has 3 unspecified atom stereocenters. The van der Waals surface area contributed by atoms with Gasteiger partial charge in [0.05, 0.1) is 6.61 Å². The number of carboxylic acids is 1. The average Bonchev–Trinajstić information content (AvgIpc) is 3.34. The van der Waals surface area contributed by atoms with Gasteiger partial charge in [-0.1, -0.05) is 23.2 Å². The predicted molar refractivity (Wildman–Crippen MR) is 95.1 cm³/mol. The fourth-order valence-corrected chi connectivity index (χ4v) is 4.35. The molecule has 0 radical (unpaired) electrons. The SMILES string of the molecule is COCC1(C(=O)O)CCCN(C(=O)C2CC2c2cc(Cl)cc(Cl)c2)C1. The number of carbonyl (C=O) groups excluding carboxylic acids is 1. The summed E-state index contributed by atoms with van der Waals surface area (Å²) in [4.78, 5) is 26.3. The highest BCUT2D eigenvalue weighted by molar-refractivity contribution is 6.34. The number of halogens is 2. The number of ether oxygens (including phenoxy) is 1. The van der Waals surface area contributed by atoms with Crippen molar-refractivity contribution in [1.29, 1.82) is 0 Å². The average molecular weight is 386 g/mol. The number of hydrogen-bond donors (Lipinski definition) is 1. The maximum atomic E-state index is 12.9. The Morgan fingerprint density at radius 2 is 2.00 bits per heavy atom. The first-order chi connectivity index (χ1) is 11.9. The van der Waals surface area contributed by atoms with E-state index in [0.29, 0.717) is 29.4 Å². The van der Waals surface area contributed by atoms with E-state index in [-0.39, 0.29) is 30.9 Å². The lowest BCUT2D eigenvalue weighted by Gasteiger charge is -2.39. The van der Waals surface area contributed by atoms with Crippen LogP contribution < -0.4 is 0 Å². The molecule has 1 aromatic rings. The third kappa shape index (κ3) is 3.78. The molecule has 1 aliphatic heterocycles. The first-order valence-electron chi connectivity index (χ1n) is 8.33. The van der Waals surface area contributed by atoms with Gasteiger partial charge in [-0.3, -0.25) is 9.59 Å². The van der Waals surface area contributed by atoms with Gasteiger partial charge in [-0.25, -0.2) is 0 Å². The maximum absolute atomic E-state index is 12.9. The molecular formula is C18H21Cl2NO4. The number of nitrogens with zero attached hydrogens (tertiary/aromatic N) is 1. The van der Waals surface area contributed by atoms with Crippen LogP contribution in [0.3, 0.4) is 0 Å². The molecule has 2 aliphatic rings. The summed E-state index contributed by atoms with van der Waals surface area (Å²) in [5.74, 6) is -0.905. The highest BCUT2D eigenvalue weighted by atomic mass is 35.5. The number of carbonyl (C=O) groups is 2. The second-order valence-electron chi connectivity index (χ2n) is 7.03. The van der Waals surface area contributed by atoms with Crippen LogP contribution in [0, 0.1) is 11.3 Å². The highest BCUT2D eigenvalue weighted by Gasteiger charge is 2.50. The highest BCUT2D eigenvalue weighted by Crippen LogP contribution is 2.50. The van der Waals surface area contributed by atoms with Gasteiger partial charge in [0.1, 0.15) is 5.41 Å². The van der Waals surface area contributed by atoms with Gasteiger partial charge < -0.3 is 14.7 Å². The molecule has 1 aromatic carbocycles. The molecule has 1 heterocycles. The van der Waals surface area contributed by atoms with E-state index in [1.165, 1.54) is 7.11 Å². The normalized spacial score (nSPS) is 28.7. The summed E-state index contributed by atoms with van der Waals surface area (Å²) in [6.45, 7) is 0.912. The molecule has 1 aliphatic carbocycles. The van der Waals surface area contributed by atoms with Gasteiger partial charge in [0.2, 0.25) is 5.91 Å². The van der Waals surface area contributed by atoms with Crippen LogP contribution in [0.4, 0.5) is 0 Å². The van der Waals surface area contributed by atoms with Crippen LogP contribution in [0.25, 0.3) is 0 Å². The van der Waals surface area contributed by atoms with E-state index in [2.05, 4.69) is 0 Å². The summed E-state index contributed by atoms with van der Waals surface area (Å²) in [5, 5.41) is 10.7. The summed E-state index contributed by atoms with van der Waals surface area (Å²) < 4.78 is 5.12. The smallest absolute Gasteiger partial charge is 0.313 e. The Balaban J connectivity index is 1.70. The van der Waals surface area contributed by atoms with Gasteiger partial charge >= 0.3 is 5.97 Å². The van der Waals surface area contributed by atoms with Crippen LogP contribution in [0.2, 0.25) is 10.0 Å². The quantitative estimate of drug-likeness (QED) is 0.842. The Labute approximate surface area is 156 Å². The third-order valence-corrected chi connectivity index (χ3v) is 5.62. The number of amides is 1. The topological polar surface area (TPSA) is 66.8 Å². The van der Waals surface area contributed by atoms with Crippen molar-refractivity contribution in [1.82, 2.24) is 4.90 Å². The van der Waals surface area contributed by atoms with Crippen LogP contribution in [-0.4, -0.2) is 48.7 Å². The van der Waals surface area contributed by atoms with Gasteiger partial charge in [-0.05, 0) is 48.9 Å². The van der Waals surface area contributed by atoms with Crippen LogP contribution in [0.1, 0.15) is 30.7 Å². The zero-order valence-electron chi connectivity index (χ0n) is 14.0. The molecule has 0 bridgehead atoms. The summed E-state index contributed by atoms with van der Waals surface area (Å²) in [6, 6.07) is 5.35. The van der Waals surface area contributed by atoms with Crippen molar-refractivity contribution in [2.75, 3.05) is 26.8 Å². The first kappa shape index (κ1) is 18.5. The van der Waals surface area contributed by atoms with Gasteiger partial charge in [0, 0.05) is 36.2 Å². The third-order valence-electron chi connectivity index (χ3n) is 5.18. The molecule has 1 saturated heterocycles. The predicted octanol–water partition coefficient (Wildman–Crippen LogP) is 3.44. The van der Waals surface area contributed by atoms with E-state index in [1.54, 1.807) is 11.0 Å². The summed E-state index contributed by atoms with van der Waals surface area (Å²) in [7, 11) is 1.49. The van der Waals surface area contributed by atoms with Crippen LogP contribution in [-0.2, 0) is 14.3 Å². The zero-order chi connectivity index (χ0) is 18.2. The fraction of sp³-hybridized carbons (Fsp3) is 0.556. The second kappa shape index (κ2) is 7.14. The standard InChI is InChI=1S/C18H21Cl2NO4/c1-25-10-18(17(23)24)3-2-4-21(9-18)16(22)15-8-14(15)11-5-12(19)7-13(20)6-11/h5-7,14-15H,2-4,8-10H2,1H3,(H,23,24). The van der Waals surface area contributed by atoms with Gasteiger partial charge in [-0.15, -0.1) is 0 Å². The Hall–Kier alpha value is -1.30. The number of rotatable bonds is 5. The number of piperidine rings is 1.